The highest BCUT2D eigenvalue weighted by molar-refractivity contribution is 5.95. The number of nitrogens with zero attached hydrogens (tertiary/aromatic N) is 5. The number of benzene rings is 1. The van der Waals surface area contributed by atoms with Crippen LogP contribution in [0.5, 0.6) is 0 Å². The molecule has 2 aromatic heterocycles. The van der Waals surface area contributed by atoms with Gasteiger partial charge in [-0.15, -0.1) is 0 Å². The number of para-hydroxylation sites is 1. The highest BCUT2D eigenvalue weighted by atomic mass is 16.2. The predicted octanol–water partition coefficient (Wildman–Crippen LogP) is 2.44. The lowest BCUT2D eigenvalue weighted by atomic mass is 10.0. The van der Waals surface area contributed by atoms with Gasteiger partial charge in [-0.2, -0.15) is 10.2 Å². The fourth-order valence-corrected chi connectivity index (χ4v) is 4.79. The van der Waals surface area contributed by atoms with Crippen LogP contribution >= 0.6 is 0 Å². The molecule has 3 aromatic rings. The molecule has 0 radical (unpaired) electrons. The second-order valence-electron chi connectivity index (χ2n) is 8.77. The molecule has 8 nitrogen and oxygen atoms in total. The van der Waals surface area contributed by atoms with Gasteiger partial charge in [-0.25, -0.2) is 4.68 Å². The van der Waals surface area contributed by atoms with E-state index in [2.05, 4.69) is 29.5 Å². The molecule has 0 bridgehead atoms. The van der Waals surface area contributed by atoms with Crippen LogP contribution in [0.3, 0.4) is 0 Å². The molecule has 1 N–H and O–H groups in total. The molecule has 1 aromatic carbocycles. The SMILES string of the molecule is Cc1ccccc1-n1nc(C(=O)N2CCC(NC(=O)c3cnn(C)c3)CC2)c2c1CCC2. The summed E-state index contributed by atoms with van der Waals surface area (Å²) in [4.78, 5) is 27.7. The second kappa shape index (κ2) is 8.26. The minimum absolute atomic E-state index is 0.00696. The Morgan fingerprint density at radius 3 is 2.62 bits per heavy atom. The molecule has 2 amide bonds. The first-order valence-corrected chi connectivity index (χ1v) is 11.3. The van der Waals surface area contributed by atoms with Crippen molar-refractivity contribution in [1.29, 1.82) is 0 Å². The molecule has 1 aliphatic heterocycles. The van der Waals surface area contributed by atoms with Crippen molar-refractivity contribution in [3.05, 3.63) is 64.7 Å². The Balaban J connectivity index is 1.28. The van der Waals surface area contributed by atoms with Gasteiger partial charge in [0.25, 0.3) is 11.8 Å². The molecular formula is C24H28N6O2. The standard InChI is InChI=1S/C24H28N6O2/c1-16-6-3-4-8-20(16)30-21-9-5-7-19(21)22(27-30)24(32)29-12-10-18(11-13-29)26-23(31)17-14-25-28(2)15-17/h3-4,6,8,14-15,18H,5,7,9-13H2,1-2H3,(H,26,31). The van der Waals surface area contributed by atoms with Crippen LogP contribution < -0.4 is 5.32 Å². The third-order valence-corrected chi connectivity index (χ3v) is 6.56. The molecule has 2 aliphatic rings. The molecule has 8 heteroatoms. The first-order chi connectivity index (χ1) is 15.5. The molecule has 166 valence electrons. The predicted molar refractivity (Wildman–Crippen MR) is 120 cm³/mol. The normalized spacial score (nSPS) is 16.2. The van der Waals surface area contributed by atoms with Gasteiger partial charge in [0.2, 0.25) is 0 Å². The van der Waals surface area contributed by atoms with Gasteiger partial charge in [0.1, 0.15) is 0 Å². The smallest absolute Gasteiger partial charge is 0.274 e. The number of aromatic nitrogens is 4. The van der Waals surface area contributed by atoms with E-state index in [1.165, 1.54) is 5.69 Å². The minimum atomic E-state index is -0.113. The van der Waals surface area contributed by atoms with Gasteiger partial charge >= 0.3 is 0 Å². The Labute approximate surface area is 187 Å². The summed E-state index contributed by atoms with van der Waals surface area (Å²) in [6.45, 7) is 3.30. The number of aryl methyl sites for hydroxylation is 2. The van der Waals surface area contributed by atoms with Crippen LogP contribution in [0.1, 0.15) is 56.9 Å². The molecule has 32 heavy (non-hydrogen) atoms. The van der Waals surface area contributed by atoms with Crippen molar-refractivity contribution in [3.8, 4) is 5.69 Å². The number of amides is 2. The monoisotopic (exact) mass is 432 g/mol. The molecule has 1 saturated heterocycles. The lowest BCUT2D eigenvalue weighted by molar-refractivity contribution is 0.0691. The van der Waals surface area contributed by atoms with Crippen molar-refractivity contribution in [1.82, 2.24) is 29.8 Å². The van der Waals surface area contributed by atoms with Crippen molar-refractivity contribution in [3.63, 3.8) is 0 Å². The first-order valence-electron chi connectivity index (χ1n) is 11.3. The maximum absolute atomic E-state index is 13.4. The zero-order valence-corrected chi connectivity index (χ0v) is 18.5. The van der Waals surface area contributed by atoms with Crippen molar-refractivity contribution in [2.75, 3.05) is 13.1 Å². The Morgan fingerprint density at radius 1 is 1.12 bits per heavy atom. The van der Waals surface area contributed by atoms with Gasteiger partial charge in [0.15, 0.2) is 5.69 Å². The van der Waals surface area contributed by atoms with E-state index in [9.17, 15) is 9.59 Å². The van der Waals surface area contributed by atoms with Crippen molar-refractivity contribution >= 4 is 11.8 Å². The molecular weight excluding hydrogens is 404 g/mol. The van der Waals surface area contributed by atoms with Gasteiger partial charge in [-0.3, -0.25) is 14.3 Å². The number of rotatable bonds is 4. The molecule has 0 saturated carbocycles. The Hall–Kier alpha value is -3.42. The zero-order chi connectivity index (χ0) is 22.2. The fraction of sp³-hybridized carbons (Fsp3) is 0.417. The fourth-order valence-electron chi connectivity index (χ4n) is 4.79. The number of carbonyl (C=O) groups is 2. The van der Waals surface area contributed by atoms with Gasteiger partial charge in [-0.05, 0) is 50.7 Å². The first kappa shape index (κ1) is 20.5. The number of fused-ring (bicyclic) bond motifs is 1. The van der Waals surface area contributed by atoms with Crippen molar-refractivity contribution in [2.45, 2.75) is 45.1 Å². The third kappa shape index (κ3) is 3.70. The average molecular weight is 433 g/mol. The summed E-state index contributed by atoms with van der Waals surface area (Å²) < 4.78 is 3.59. The van der Waals surface area contributed by atoms with E-state index in [1.54, 1.807) is 24.1 Å². The maximum Gasteiger partial charge on any atom is 0.274 e. The van der Waals surface area contributed by atoms with Crippen LogP contribution in [-0.2, 0) is 19.9 Å². The van der Waals surface area contributed by atoms with E-state index in [1.807, 2.05) is 21.7 Å². The summed E-state index contributed by atoms with van der Waals surface area (Å²) in [6.07, 6.45) is 7.66. The average Bonchev–Trinajstić information content (AvgIpc) is 3.51. The van der Waals surface area contributed by atoms with Crippen LogP contribution in [0.4, 0.5) is 0 Å². The summed E-state index contributed by atoms with van der Waals surface area (Å²) in [5.74, 6) is -0.106. The largest absolute Gasteiger partial charge is 0.349 e. The molecule has 0 unspecified atom stereocenters. The summed E-state index contributed by atoms with van der Waals surface area (Å²) in [6, 6.07) is 8.22. The summed E-state index contributed by atoms with van der Waals surface area (Å²) in [5, 5.41) is 11.9. The zero-order valence-electron chi connectivity index (χ0n) is 18.5. The lowest BCUT2D eigenvalue weighted by Gasteiger charge is -2.32. The molecule has 0 spiro atoms. The topological polar surface area (TPSA) is 85.1 Å². The molecule has 0 atom stereocenters. The third-order valence-electron chi connectivity index (χ3n) is 6.56. The highest BCUT2D eigenvalue weighted by Gasteiger charge is 2.32. The van der Waals surface area contributed by atoms with Gasteiger partial charge in [0.05, 0.1) is 17.4 Å². The summed E-state index contributed by atoms with van der Waals surface area (Å²) >= 11 is 0. The quantitative estimate of drug-likeness (QED) is 0.686. The number of hydrogen-bond acceptors (Lipinski definition) is 4. The summed E-state index contributed by atoms with van der Waals surface area (Å²) in [5.41, 5.74) is 5.61. The molecule has 5 rings (SSSR count). The molecule has 3 heterocycles. The van der Waals surface area contributed by atoms with E-state index in [0.29, 0.717) is 24.3 Å². The highest BCUT2D eigenvalue weighted by Crippen LogP contribution is 2.30. The van der Waals surface area contributed by atoms with E-state index in [4.69, 9.17) is 5.10 Å². The van der Waals surface area contributed by atoms with Crippen LogP contribution in [0.15, 0.2) is 36.7 Å². The van der Waals surface area contributed by atoms with E-state index in [0.717, 1.165) is 48.9 Å². The van der Waals surface area contributed by atoms with Gasteiger partial charge in [0, 0.05) is 43.6 Å². The Bertz CT molecular complexity index is 1170. The summed E-state index contributed by atoms with van der Waals surface area (Å²) in [7, 11) is 1.79. The Kier molecular flexibility index (Phi) is 5.28. The molecule has 1 aliphatic carbocycles. The van der Waals surface area contributed by atoms with E-state index >= 15 is 0 Å². The number of nitrogens with one attached hydrogen (secondary N) is 1. The number of piperidine rings is 1. The van der Waals surface area contributed by atoms with E-state index < -0.39 is 0 Å². The maximum atomic E-state index is 13.4. The van der Waals surface area contributed by atoms with Crippen LogP contribution in [0.25, 0.3) is 5.69 Å². The van der Waals surface area contributed by atoms with Gasteiger partial charge < -0.3 is 10.2 Å². The van der Waals surface area contributed by atoms with Crippen LogP contribution in [0, 0.1) is 6.92 Å². The Morgan fingerprint density at radius 2 is 1.91 bits per heavy atom. The van der Waals surface area contributed by atoms with Crippen LogP contribution in [0.2, 0.25) is 0 Å². The van der Waals surface area contributed by atoms with Gasteiger partial charge in [-0.1, -0.05) is 18.2 Å². The van der Waals surface area contributed by atoms with E-state index in [-0.39, 0.29) is 17.9 Å². The van der Waals surface area contributed by atoms with Crippen LogP contribution in [-0.4, -0.2) is 55.4 Å². The lowest BCUT2D eigenvalue weighted by Crippen LogP contribution is -2.46. The number of hydrogen-bond donors (Lipinski definition) is 1. The number of carbonyl (C=O) groups excluding carboxylic acids is 2. The second-order valence-corrected chi connectivity index (χ2v) is 8.77. The minimum Gasteiger partial charge on any atom is -0.349 e. The van der Waals surface area contributed by atoms with Crippen molar-refractivity contribution < 1.29 is 9.59 Å². The molecule has 1 fully saturated rings. The van der Waals surface area contributed by atoms with Crippen molar-refractivity contribution in [2.24, 2.45) is 7.05 Å². The number of likely N-dealkylation sites (tertiary alicyclic amines) is 1.